The Kier molecular flexibility index (Phi) is 4.15. The number of rotatable bonds is 6. The van der Waals surface area contributed by atoms with Crippen LogP contribution in [0.25, 0.3) is 16.7 Å². The highest BCUT2D eigenvalue weighted by Crippen LogP contribution is 2.22. The van der Waals surface area contributed by atoms with Crippen molar-refractivity contribution < 1.29 is 9.47 Å². The summed E-state index contributed by atoms with van der Waals surface area (Å²) in [4.78, 5) is 8.60. The number of anilines is 1. The molecular formula is C15H17N5O2. The molecule has 0 saturated heterocycles. The van der Waals surface area contributed by atoms with E-state index < -0.39 is 0 Å². The molecule has 7 heteroatoms. The molecule has 7 nitrogen and oxygen atoms in total. The van der Waals surface area contributed by atoms with Gasteiger partial charge in [0.05, 0.1) is 31.0 Å². The second kappa shape index (κ2) is 6.40. The van der Waals surface area contributed by atoms with Crippen molar-refractivity contribution in [2.45, 2.75) is 0 Å². The number of fused-ring (bicyclic) bond motifs is 1. The minimum atomic E-state index is 0.609. The summed E-state index contributed by atoms with van der Waals surface area (Å²) < 4.78 is 12.0. The zero-order valence-electron chi connectivity index (χ0n) is 12.5. The Morgan fingerprint density at radius 1 is 1.14 bits per heavy atom. The summed E-state index contributed by atoms with van der Waals surface area (Å²) in [5, 5.41) is 8.50. The second-order valence-corrected chi connectivity index (χ2v) is 4.63. The van der Waals surface area contributed by atoms with Crippen LogP contribution in [-0.4, -0.2) is 47.1 Å². The van der Waals surface area contributed by atoms with Gasteiger partial charge >= 0.3 is 0 Å². The fourth-order valence-electron chi connectivity index (χ4n) is 2.17. The third-order valence-corrected chi connectivity index (χ3v) is 3.28. The predicted molar refractivity (Wildman–Crippen MR) is 83.6 cm³/mol. The summed E-state index contributed by atoms with van der Waals surface area (Å²) in [6, 6.07) is 7.65. The van der Waals surface area contributed by atoms with E-state index in [0.29, 0.717) is 13.2 Å². The van der Waals surface area contributed by atoms with Gasteiger partial charge in [0.1, 0.15) is 17.9 Å². The fourth-order valence-corrected chi connectivity index (χ4v) is 2.17. The molecule has 1 N–H and O–H groups in total. The number of benzene rings is 1. The van der Waals surface area contributed by atoms with Crippen molar-refractivity contribution in [3.63, 3.8) is 0 Å². The summed E-state index contributed by atoms with van der Waals surface area (Å²) in [7, 11) is 3.31. The maximum absolute atomic E-state index is 5.17. The summed E-state index contributed by atoms with van der Waals surface area (Å²) in [6.45, 7) is 1.29. The maximum Gasteiger partial charge on any atom is 0.168 e. The molecule has 22 heavy (non-hydrogen) atoms. The van der Waals surface area contributed by atoms with Gasteiger partial charge < -0.3 is 14.8 Å². The van der Waals surface area contributed by atoms with Gasteiger partial charge in [0.15, 0.2) is 5.65 Å². The van der Waals surface area contributed by atoms with Crippen LogP contribution in [0.4, 0.5) is 5.82 Å². The molecule has 114 valence electrons. The summed E-state index contributed by atoms with van der Waals surface area (Å²) >= 11 is 0. The molecule has 3 rings (SSSR count). The maximum atomic E-state index is 5.17. The molecule has 3 aromatic rings. The lowest BCUT2D eigenvalue weighted by Crippen LogP contribution is -2.09. The van der Waals surface area contributed by atoms with E-state index in [1.54, 1.807) is 25.1 Å². The lowest BCUT2D eigenvalue weighted by molar-refractivity contribution is 0.210. The Morgan fingerprint density at radius 3 is 2.68 bits per heavy atom. The molecule has 2 aromatic heterocycles. The number of methoxy groups -OCH3 is 2. The minimum Gasteiger partial charge on any atom is -0.497 e. The van der Waals surface area contributed by atoms with Crippen LogP contribution in [0.2, 0.25) is 0 Å². The van der Waals surface area contributed by atoms with Crippen LogP contribution < -0.4 is 10.1 Å². The van der Waals surface area contributed by atoms with E-state index in [9.17, 15) is 0 Å². The first kappa shape index (κ1) is 14.3. The quantitative estimate of drug-likeness (QED) is 0.701. The van der Waals surface area contributed by atoms with Crippen molar-refractivity contribution in [2.75, 3.05) is 32.7 Å². The van der Waals surface area contributed by atoms with Gasteiger partial charge in [0, 0.05) is 13.7 Å². The monoisotopic (exact) mass is 299 g/mol. The van der Waals surface area contributed by atoms with E-state index >= 15 is 0 Å². The first-order valence-electron chi connectivity index (χ1n) is 6.89. The molecule has 0 saturated carbocycles. The Labute approximate surface area is 127 Å². The van der Waals surface area contributed by atoms with E-state index in [0.717, 1.165) is 28.3 Å². The zero-order chi connectivity index (χ0) is 15.4. The normalized spacial score (nSPS) is 10.8. The van der Waals surface area contributed by atoms with Crippen LogP contribution in [0.5, 0.6) is 5.75 Å². The standard InChI is InChI=1S/C15H17N5O2/c1-21-8-7-16-14-13-9-19-20(15(13)18-10-17-14)11-3-5-12(22-2)6-4-11/h3-6,9-10H,7-8H2,1-2H3,(H,16,17,18). The minimum absolute atomic E-state index is 0.609. The summed E-state index contributed by atoms with van der Waals surface area (Å²) in [6.07, 6.45) is 3.29. The third-order valence-electron chi connectivity index (χ3n) is 3.28. The molecule has 0 aliphatic heterocycles. The van der Waals surface area contributed by atoms with Crippen molar-refractivity contribution in [1.82, 2.24) is 19.7 Å². The largest absolute Gasteiger partial charge is 0.497 e. The topological polar surface area (TPSA) is 74.1 Å². The van der Waals surface area contributed by atoms with E-state index in [1.807, 2.05) is 24.3 Å². The Bertz CT molecular complexity index is 754. The van der Waals surface area contributed by atoms with Crippen molar-refractivity contribution in [3.8, 4) is 11.4 Å². The Balaban J connectivity index is 1.95. The van der Waals surface area contributed by atoms with E-state index in [1.165, 1.54) is 6.33 Å². The molecule has 0 aliphatic rings. The SMILES string of the molecule is COCCNc1ncnc2c1cnn2-c1ccc(OC)cc1. The van der Waals surface area contributed by atoms with Crippen molar-refractivity contribution >= 4 is 16.9 Å². The second-order valence-electron chi connectivity index (χ2n) is 4.63. The number of nitrogens with zero attached hydrogens (tertiary/aromatic N) is 4. The molecule has 2 heterocycles. The molecule has 0 amide bonds. The van der Waals surface area contributed by atoms with Gasteiger partial charge in [-0.15, -0.1) is 0 Å². The molecule has 0 bridgehead atoms. The molecule has 0 radical (unpaired) electrons. The van der Waals surface area contributed by atoms with Gasteiger partial charge in [-0.05, 0) is 24.3 Å². The lowest BCUT2D eigenvalue weighted by atomic mass is 10.3. The highest BCUT2D eigenvalue weighted by Gasteiger charge is 2.10. The Hall–Kier alpha value is -2.67. The van der Waals surface area contributed by atoms with Crippen LogP contribution >= 0.6 is 0 Å². The average Bonchev–Trinajstić information content (AvgIpc) is 3.00. The van der Waals surface area contributed by atoms with Crippen molar-refractivity contribution in [1.29, 1.82) is 0 Å². The number of nitrogens with one attached hydrogen (secondary N) is 1. The number of ether oxygens (including phenoxy) is 2. The van der Waals surface area contributed by atoms with Crippen molar-refractivity contribution in [3.05, 3.63) is 36.8 Å². The van der Waals surface area contributed by atoms with Gasteiger partial charge in [-0.3, -0.25) is 0 Å². The summed E-state index contributed by atoms with van der Waals surface area (Å²) in [5.74, 6) is 1.55. The molecule has 0 atom stereocenters. The summed E-state index contributed by atoms with van der Waals surface area (Å²) in [5.41, 5.74) is 1.66. The van der Waals surface area contributed by atoms with Crippen LogP contribution in [0.1, 0.15) is 0 Å². The number of hydrogen-bond donors (Lipinski definition) is 1. The molecule has 0 aliphatic carbocycles. The van der Waals surface area contributed by atoms with E-state index in [2.05, 4.69) is 20.4 Å². The first-order chi connectivity index (χ1) is 10.8. The lowest BCUT2D eigenvalue weighted by Gasteiger charge is -2.07. The average molecular weight is 299 g/mol. The van der Waals surface area contributed by atoms with Crippen LogP contribution in [0, 0.1) is 0 Å². The molecule has 1 aromatic carbocycles. The van der Waals surface area contributed by atoms with E-state index in [4.69, 9.17) is 9.47 Å². The zero-order valence-corrected chi connectivity index (χ0v) is 12.5. The number of aromatic nitrogens is 4. The molecule has 0 fully saturated rings. The predicted octanol–water partition coefficient (Wildman–Crippen LogP) is 1.88. The first-order valence-corrected chi connectivity index (χ1v) is 6.89. The highest BCUT2D eigenvalue weighted by atomic mass is 16.5. The number of hydrogen-bond acceptors (Lipinski definition) is 6. The van der Waals surface area contributed by atoms with Crippen LogP contribution in [-0.2, 0) is 4.74 Å². The van der Waals surface area contributed by atoms with Gasteiger partial charge in [-0.2, -0.15) is 5.10 Å². The highest BCUT2D eigenvalue weighted by molar-refractivity contribution is 5.87. The molecule has 0 spiro atoms. The van der Waals surface area contributed by atoms with Gasteiger partial charge in [-0.25, -0.2) is 14.6 Å². The van der Waals surface area contributed by atoms with Crippen LogP contribution in [0.15, 0.2) is 36.8 Å². The molecular weight excluding hydrogens is 282 g/mol. The van der Waals surface area contributed by atoms with Gasteiger partial charge in [-0.1, -0.05) is 0 Å². The smallest absolute Gasteiger partial charge is 0.168 e. The van der Waals surface area contributed by atoms with Crippen molar-refractivity contribution in [2.24, 2.45) is 0 Å². The van der Waals surface area contributed by atoms with Crippen LogP contribution in [0.3, 0.4) is 0 Å². The fraction of sp³-hybridized carbons (Fsp3) is 0.267. The molecule has 0 unspecified atom stereocenters. The Morgan fingerprint density at radius 2 is 1.95 bits per heavy atom. The van der Waals surface area contributed by atoms with Gasteiger partial charge in [0.2, 0.25) is 0 Å². The van der Waals surface area contributed by atoms with E-state index in [-0.39, 0.29) is 0 Å². The van der Waals surface area contributed by atoms with Gasteiger partial charge in [0.25, 0.3) is 0 Å². The third kappa shape index (κ3) is 2.71.